The lowest BCUT2D eigenvalue weighted by Gasteiger charge is -2.07. The number of aromatic nitrogens is 2. The molecule has 0 bridgehead atoms. The summed E-state index contributed by atoms with van der Waals surface area (Å²) >= 11 is 0. The van der Waals surface area contributed by atoms with Crippen LogP contribution >= 0.6 is 0 Å². The Morgan fingerprint density at radius 2 is 1.84 bits per heavy atom. The number of nitrogens with one attached hydrogen (secondary N) is 1. The molecule has 2 N–H and O–H groups in total. The molecule has 134 valence electrons. The average Bonchev–Trinajstić information content (AvgIpc) is 2.88. The number of nitrogens with zero attached hydrogens (tertiary/aromatic N) is 2. The number of aryl methyl sites for hydroxylation is 2. The second-order valence-corrected chi connectivity index (χ2v) is 6.24. The third-order valence-electron chi connectivity index (χ3n) is 4.00. The van der Waals surface area contributed by atoms with Crippen LogP contribution in [0.3, 0.4) is 0 Å². The van der Waals surface area contributed by atoms with Crippen molar-refractivity contribution in [2.24, 2.45) is 0 Å². The Kier molecular flexibility index (Phi) is 6.74. The second kappa shape index (κ2) is 9.01. The van der Waals surface area contributed by atoms with Gasteiger partial charge in [-0.25, -0.2) is 0 Å². The van der Waals surface area contributed by atoms with Crippen molar-refractivity contribution in [2.45, 2.75) is 46.1 Å². The summed E-state index contributed by atoms with van der Waals surface area (Å²) in [6.45, 7) is 5.24. The minimum atomic E-state index is -0.774. The van der Waals surface area contributed by atoms with E-state index in [4.69, 9.17) is 5.11 Å². The Labute approximate surface area is 147 Å². The topological polar surface area (TPSA) is 84.2 Å². The van der Waals surface area contributed by atoms with Gasteiger partial charge in [-0.1, -0.05) is 18.6 Å². The predicted octanol–water partition coefficient (Wildman–Crippen LogP) is 2.92. The van der Waals surface area contributed by atoms with Gasteiger partial charge in [0.2, 0.25) is 0 Å². The Bertz CT molecular complexity index is 720. The van der Waals surface area contributed by atoms with Gasteiger partial charge in [-0.15, -0.1) is 0 Å². The van der Waals surface area contributed by atoms with Crippen molar-refractivity contribution in [2.75, 3.05) is 6.54 Å². The van der Waals surface area contributed by atoms with Crippen LogP contribution in [0.2, 0.25) is 0 Å². The zero-order valence-corrected chi connectivity index (χ0v) is 14.8. The normalized spacial score (nSPS) is 10.6. The molecule has 1 amide bonds. The molecule has 6 heteroatoms. The molecule has 0 radical (unpaired) electrons. The van der Waals surface area contributed by atoms with Gasteiger partial charge in [-0.05, 0) is 50.5 Å². The Morgan fingerprint density at radius 3 is 2.44 bits per heavy atom. The van der Waals surface area contributed by atoms with E-state index in [1.165, 1.54) is 0 Å². The molecule has 1 heterocycles. The highest BCUT2D eigenvalue weighted by Gasteiger charge is 2.06. The lowest BCUT2D eigenvalue weighted by atomic mass is 10.1. The fourth-order valence-corrected chi connectivity index (χ4v) is 2.65. The van der Waals surface area contributed by atoms with E-state index in [1.54, 1.807) is 0 Å². The second-order valence-electron chi connectivity index (χ2n) is 6.24. The summed E-state index contributed by atoms with van der Waals surface area (Å²) in [5, 5.41) is 15.9. The minimum absolute atomic E-state index is 0.101. The van der Waals surface area contributed by atoms with Gasteiger partial charge < -0.3 is 10.4 Å². The number of carbonyl (C=O) groups is 2. The highest BCUT2D eigenvalue weighted by molar-refractivity contribution is 5.94. The quantitative estimate of drug-likeness (QED) is 0.686. The molecule has 0 aliphatic carbocycles. The molecule has 0 aliphatic heterocycles. The van der Waals surface area contributed by atoms with Crippen LogP contribution in [-0.4, -0.2) is 33.3 Å². The average molecular weight is 343 g/mol. The fourth-order valence-electron chi connectivity index (χ4n) is 2.65. The molecule has 0 aliphatic rings. The maximum atomic E-state index is 12.1. The van der Waals surface area contributed by atoms with Crippen molar-refractivity contribution >= 4 is 11.9 Å². The first-order chi connectivity index (χ1) is 12.0. The van der Waals surface area contributed by atoms with Crippen molar-refractivity contribution in [3.8, 4) is 0 Å². The monoisotopic (exact) mass is 343 g/mol. The molecule has 0 saturated carbocycles. The number of carbonyl (C=O) groups excluding carboxylic acids is 1. The third-order valence-corrected chi connectivity index (χ3v) is 4.00. The summed E-state index contributed by atoms with van der Waals surface area (Å²) in [4.78, 5) is 22.5. The van der Waals surface area contributed by atoms with E-state index in [0.29, 0.717) is 25.1 Å². The number of aliphatic carboxylic acids is 1. The van der Waals surface area contributed by atoms with Crippen molar-refractivity contribution in [1.29, 1.82) is 0 Å². The lowest BCUT2D eigenvalue weighted by Crippen LogP contribution is -2.24. The van der Waals surface area contributed by atoms with Crippen molar-refractivity contribution in [1.82, 2.24) is 15.1 Å². The van der Waals surface area contributed by atoms with Crippen LogP contribution in [-0.2, 0) is 11.3 Å². The van der Waals surface area contributed by atoms with Gasteiger partial charge in [-0.2, -0.15) is 5.10 Å². The van der Waals surface area contributed by atoms with Crippen LogP contribution in [0, 0.1) is 13.8 Å². The van der Waals surface area contributed by atoms with E-state index < -0.39 is 5.97 Å². The number of amides is 1. The molecule has 6 nitrogen and oxygen atoms in total. The first-order valence-electron chi connectivity index (χ1n) is 8.55. The third kappa shape index (κ3) is 6.06. The van der Waals surface area contributed by atoms with Crippen LogP contribution in [0.4, 0.5) is 0 Å². The van der Waals surface area contributed by atoms with E-state index in [1.807, 2.05) is 48.9 Å². The zero-order chi connectivity index (χ0) is 18.2. The molecular formula is C19H25N3O3. The molecular weight excluding hydrogens is 318 g/mol. The maximum Gasteiger partial charge on any atom is 0.303 e. The van der Waals surface area contributed by atoms with Crippen LogP contribution in [0.15, 0.2) is 30.3 Å². The van der Waals surface area contributed by atoms with Crippen LogP contribution < -0.4 is 5.32 Å². The number of carboxylic acid groups (broad SMARTS) is 1. The van der Waals surface area contributed by atoms with E-state index in [-0.39, 0.29) is 12.3 Å². The van der Waals surface area contributed by atoms with Crippen molar-refractivity contribution < 1.29 is 14.7 Å². The summed E-state index contributed by atoms with van der Waals surface area (Å²) in [6.07, 6.45) is 2.42. The fraction of sp³-hybridized carbons (Fsp3) is 0.421. The van der Waals surface area contributed by atoms with Crippen LogP contribution in [0.25, 0.3) is 0 Å². The number of unbranched alkanes of at least 4 members (excludes halogenated alkanes) is 2. The Balaban J connectivity index is 1.78. The number of benzene rings is 1. The van der Waals surface area contributed by atoms with Crippen LogP contribution in [0.5, 0.6) is 0 Å². The largest absolute Gasteiger partial charge is 0.481 e. The summed E-state index contributed by atoms with van der Waals surface area (Å²) in [6, 6.07) is 9.57. The van der Waals surface area contributed by atoms with Gasteiger partial charge in [0.1, 0.15) is 0 Å². The summed E-state index contributed by atoms with van der Waals surface area (Å²) in [5.41, 5.74) is 3.83. The lowest BCUT2D eigenvalue weighted by molar-refractivity contribution is -0.137. The molecule has 25 heavy (non-hydrogen) atoms. The van der Waals surface area contributed by atoms with Crippen LogP contribution in [0.1, 0.15) is 53.0 Å². The molecule has 0 unspecified atom stereocenters. The number of hydrogen-bond acceptors (Lipinski definition) is 3. The van der Waals surface area contributed by atoms with Gasteiger partial charge in [0.25, 0.3) is 5.91 Å². The molecule has 1 aromatic carbocycles. The van der Waals surface area contributed by atoms with Gasteiger partial charge in [0, 0.05) is 24.2 Å². The summed E-state index contributed by atoms with van der Waals surface area (Å²) in [7, 11) is 0. The SMILES string of the molecule is Cc1cc(C)n(Cc2ccc(C(=O)NCCCCCC(=O)O)cc2)n1. The molecule has 0 fully saturated rings. The van der Waals surface area contributed by atoms with Crippen molar-refractivity contribution in [3.05, 3.63) is 52.8 Å². The summed E-state index contributed by atoms with van der Waals surface area (Å²) in [5.74, 6) is -0.875. The van der Waals surface area contributed by atoms with Gasteiger partial charge >= 0.3 is 5.97 Å². The highest BCUT2D eigenvalue weighted by atomic mass is 16.4. The maximum absolute atomic E-state index is 12.1. The summed E-state index contributed by atoms with van der Waals surface area (Å²) < 4.78 is 1.95. The molecule has 1 aromatic heterocycles. The van der Waals surface area contributed by atoms with E-state index in [2.05, 4.69) is 10.4 Å². The van der Waals surface area contributed by atoms with E-state index in [9.17, 15) is 9.59 Å². The number of rotatable bonds is 9. The number of hydrogen-bond donors (Lipinski definition) is 2. The zero-order valence-electron chi connectivity index (χ0n) is 14.8. The molecule has 2 aromatic rings. The first-order valence-corrected chi connectivity index (χ1v) is 8.55. The Hall–Kier alpha value is -2.63. The van der Waals surface area contributed by atoms with E-state index >= 15 is 0 Å². The molecule has 2 rings (SSSR count). The highest BCUT2D eigenvalue weighted by Crippen LogP contribution is 2.09. The first kappa shape index (κ1) is 18.7. The van der Waals surface area contributed by atoms with Crippen molar-refractivity contribution in [3.63, 3.8) is 0 Å². The number of carboxylic acids is 1. The van der Waals surface area contributed by atoms with Gasteiger partial charge in [-0.3, -0.25) is 14.3 Å². The van der Waals surface area contributed by atoms with Gasteiger partial charge in [0.15, 0.2) is 0 Å². The molecule has 0 saturated heterocycles. The molecule has 0 spiro atoms. The Morgan fingerprint density at radius 1 is 1.12 bits per heavy atom. The predicted molar refractivity (Wildman–Crippen MR) is 95.7 cm³/mol. The van der Waals surface area contributed by atoms with E-state index in [0.717, 1.165) is 29.8 Å². The smallest absolute Gasteiger partial charge is 0.303 e. The standard InChI is InChI=1S/C19H25N3O3/c1-14-12-15(2)22(21-14)13-16-7-9-17(10-8-16)19(25)20-11-5-3-4-6-18(23)24/h7-10,12H,3-6,11,13H2,1-2H3,(H,20,25)(H,23,24). The van der Waals surface area contributed by atoms with Gasteiger partial charge in [0.05, 0.1) is 12.2 Å². The molecule has 0 atom stereocenters. The minimum Gasteiger partial charge on any atom is -0.481 e.